The zero-order chi connectivity index (χ0) is 10.7. The molecular weight excluding hydrogens is 192 g/mol. The molecule has 2 aliphatic rings. The zero-order valence-corrected chi connectivity index (χ0v) is 9.36. The Balaban J connectivity index is 1.96. The van der Waals surface area contributed by atoms with Crippen molar-refractivity contribution < 1.29 is 14.2 Å². The summed E-state index contributed by atoms with van der Waals surface area (Å²) in [5, 5.41) is 0. The Kier molecular flexibility index (Phi) is 3.44. The molecule has 0 saturated carbocycles. The lowest BCUT2D eigenvalue weighted by Crippen LogP contribution is -2.04. The Bertz CT molecular complexity index is 245. The minimum absolute atomic E-state index is 0.184. The van der Waals surface area contributed by atoms with Gasteiger partial charge in [-0.15, -0.1) is 0 Å². The van der Waals surface area contributed by atoms with Gasteiger partial charge in [0.2, 0.25) is 0 Å². The molecule has 0 bridgehead atoms. The van der Waals surface area contributed by atoms with Crippen LogP contribution in [0.2, 0.25) is 0 Å². The molecule has 2 unspecified atom stereocenters. The summed E-state index contributed by atoms with van der Waals surface area (Å²) >= 11 is 0. The molecular formula is C12H18O3. The number of allylic oxidation sites excluding steroid dienone is 2. The predicted octanol–water partition coefficient (Wildman–Crippen LogP) is 2.39. The van der Waals surface area contributed by atoms with E-state index in [9.17, 15) is 0 Å². The number of epoxide rings is 2. The molecule has 0 radical (unpaired) electrons. The van der Waals surface area contributed by atoms with E-state index >= 15 is 0 Å². The molecule has 2 heterocycles. The SMILES string of the molecule is CCC=C(OC(=CCC)C1CO1)C1CO1. The maximum atomic E-state index is 5.85. The Morgan fingerprint density at radius 1 is 1.07 bits per heavy atom. The molecule has 0 N–H and O–H groups in total. The monoisotopic (exact) mass is 210 g/mol. The van der Waals surface area contributed by atoms with Crippen LogP contribution in [0, 0.1) is 0 Å². The van der Waals surface area contributed by atoms with Gasteiger partial charge in [-0.3, -0.25) is 0 Å². The van der Waals surface area contributed by atoms with Gasteiger partial charge in [-0.05, 0) is 25.0 Å². The van der Waals surface area contributed by atoms with E-state index in [1.807, 2.05) is 0 Å². The lowest BCUT2D eigenvalue weighted by atomic mass is 10.3. The summed E-state index contributed by atoms with van der Waals surface area (Å²) in [4.78, 5) is 0. The van der Waals surface area contributed by atoms with Gasteiger partial charge in [-0.1, -0.05) is 13.8 Å². The van der Waals surface area contributed by atoms with E-state index in [2.05, 4.69) is 26.0 Å². The molecule has 2 fully saturated rings. The van der Waals surface area contributed by atoms with Gasteiger partial charge in [0.15, 0.2) is 0 Å². The van der Waals surface area contributed by atoms with Crippen LogP contribution >= 0.6 is 0 Å². The van der Waals surface area contributed by atoms with Crippen LogP contribution in [0.25, 0.3) is 0 Å². The molecule has 2 rings (SSSR count). The third kappa shape index (κ3) is 3.08. The van der Waals surface area contributed by atoms with Crippen LogP contribution < -0.4 is 0 Å². The average Bonchev–Trinajstić information content (AvgIpc) is 3.05. The van der Waals surface area contributed by atoms with E-state index in [0.717, 1.165) is 37.6 Å². The van der Waals surface area contributed by atoms with Crippen molar-refractivity contribution in [2.24, 2.45) is 0 Å². The third-order valence-corrected chi connectivity index (χ3v) is 2.35. The number of ether oxygens (including phenoxy) is 3. The van der Waals surface area contributed by atoms with Crippen LogP contribution in [0.15, 0.2) is 23.7 Å². The second-order valence-corrected chi connectivity index (χ2v) is 3.78. The van der Waals surface area contributed by atoms with Crippen LogP contribution in [0.1, 0.15) is 26.7 Å². The van der Waals surface area contributed by atoms with Crippen molar-refractivity contribution in [1.29, 1.82) is 0 Å². The average molecular weight is 210 g/mol. The lowest BCUT2D eigenvalue weighted by molar-refractivity contribution is 0.230. The summed E-state index contributed by atoms with van der Waals surface area (Å²) in [6.07, 6.45) is 6.49. The summed E-state index contributed by atoms with van der Waals surface area (Å²) in [5.41, 5.74) is 0. The fourth-order valence-electron chi connectivity index (χ4n) is 1.44. The summed E-state index contributed by atoms with van der Waals surface area (Å²) in [7, 11) is 0. The van der Waals surface area contributed by atoms with Crippen LogP contribution in [0.4, 0.5) is 0 Å². The fourth-order valence-corrected chi connectivity index (χ4v) is 1.44. The van der Waals surface area contributed by atoms with Crippen LogP contribution in [0.5, 0.6) is 0 Å². The van der Waals surface area contributed by atoms with Crippen LogP contribution in [-0.4, -0.2) is 25.4 Å². The van der Waals surface area contributed by atoms with E-state index in [1.54, 1.807) is 0 Å². The third-order valence-electron chi connectivity index (χ3n) is 2.35. The smallest absolute Gasteiger partial charge is 0.138 e. The van der Waals surface area contributed by atoms with Gasteiger partial charge in [0.05, 0.1) is 13.2 Å². The largest absolute Gasteiger partial charge is 0.461 e. The van der Waals surface area contributed by atoms with Crippen molar-refractivity contribution in [2.45, 2.75) is 38.9 Å². The van der Waals surface area contributed by atoms with E-state index in [0.29, 0.717) is 0 Å². The van der Waals surface area contributed by atoms with Crippen molar-refractivity contribution in [3.63, 3.8) is 0 Å². The number of hydrogen-bond acceptors (Lipinski definition) is 3. The van der Waals surface area contributed by atoms with Crippen LogP contribution in [0.3, 0.4) is 0 Å². The fraction of sp³-hybridized carbons (Fsp3) is 0.667. The Morgan fingerprint density at radius 3 is 1.73 bits per heavy atom. The minimum Gasteiger partial charge on any atom is -0.461 e. The first-order chi connectivity index (χ1) is 7.35. The van der Waals surface area contributed by atoms with Gasteiger partial charge >= 0.3 is 0 Å². The Labute approximate surface area is 90.7 Å². The Hall–Kier alpha value is -0.800. The first kappa shape index (κ1) is 10.7. The molecule has 3 heteroatoms. The highest BCUT2D eigenvalue weighted by Crippen LogP contribution is 2.29. The predicted molar refractivity (Wildman–Crippen MR) is 57.3 cm³/mol. The maximum absolute atomic E-state index is 5.85. The molecule has 84 valence electrons. The Morgan fingerprint density at radius 2 is 1.47 bits per heavy atom. The lowest BCUT2D eigenvalue weighted by Gasteiger charge is -2.09. The second-order valence-electron chi connectivity index (χ2n) is 3.78. The molecule has 2 aliphatic heterocycles. The van der Waals surface area contributed by atoms with Gasteiger partial charge in [0, 0.05) is 0 Å². The summed E-state index contributed by atoms with van der Waals surface area (Å²) in [6.45, 7) is 5.78. The molecule has 15 heavy (non-hydrogen) atoms. The highest BCUT2D eigenvalue weighted by Gasteiger charge is 2.34. The molecule has 0 aromatic carbocycles. The van der Waals surface area contributed by atoms with Crippen LogP contribution in [-0.2, 0) is 14.2 Å². The van der Waals surface area contributed by atoms with E-state index in [-0.39, 0.29) is 12.2 Å². The van der Waals surface area contributed by atoms with E-state index in [1.165, 1.54) is 0 Å². The first-order valence-corrected chi connectivity index (χ1v) is 5.66. The van der Waals surface area contributed by atoms with Crippen molar-refractivity contribution >= 4 is 0 Å². The second kappa shape index (κ2) is 4.81. The molecule has 0 aromatic heterocycles. The highest BCUT2D eigenvalue weighted by molar-refractivity contribution is 5.14. The van der Waals surface area contributed by atoms with Gasteiger partial charge in [0.25, 0.3) is 0 Å². The van der Waals surface area contributed by atoms with E-state index < -0.39 is 0 Å². The van der Waals surface area contributed by atoms with Gasteiger partial charge in [0.1, 0.15) is 23.7 Å². The maximum Gasteiger partial charge on any atom is 0.138 e. The number of hydrogen-bond donors (Lipinski definition) is 0. The molecule has 3 nitrogen and oxygen atoms in total. The normalized spacial score (nSPS) is 30.3. The van der Waals surface area contributed by atoms with Gasteiger partial charge in [-0.25, -0.2) is 0 Å². The van der Waals surface area contributed by atoms with Crippen molar-refractivity contribution in [3.05, 3.63) is 23.7 Å². The molecule has 0 amide bonds. The first-order valence-electron chi connectivity index (χ1n) is 5.66. The molecule has 0 aromatic rings. The molecule has 0 aliphatic carbocycles. The van der Waals surface area contributed by atoms with Crippen molar-refractivity contribution in [1.82, 2.24) is 0 Å². The molecule has 0 spiro atoms. The van der Waals surface area contributed by atoms with Crippen molar-refractivity contribution in [2.75, 3.05) is 13.2 Å². The number of rotatable bonds is 6. The standard InChI is InChI=1S/C12H18O3/c1-3-5-9(11-7-13-11)15-10(6-4-2)12-8-14-12/h5-6,11-12H,3-4,7-8H2,1-2H3. The summed E-state index contributed by atoms with van der Waals surface area (Å²) in [6, 6.07) is 0. The zero-order valence-electron chi connectivity index (χ0n) is 9.36. The molecule has 2 saturated heterocycles. The summed E-state index contributed by atoms with van der Waals surface area (Å²) in [5.74, 6) is 1.90. The van der Waals surface area contributed by atoms with Gasteiger partial charge < -0.3 is 14.2 Å². The minimum atomic E-state index is 0.184. The molecule has 2 atom stereocenters. The van der Waals surface area contributed by atoms with E-state index in [4.69, 9.17) is 14.2 Å². The summed E-state index contributed by atoms with van der Waals surface area (Å²) < 4.78 is 16.3. The van der Waals surface area contributed by atoms with Gasteiger partial charge in [-0.2, -0.15) is 0 Å². The topological polar surface area (TPSA) is 34.3 Å². The van der Waals surface area contributed by atoms with Crippen molar-refractivity contribution in [3.8, 4) is 0 Å². The quantitative estimate of drug-likeness (QED) is 0.498. The highest BCUT2D eigenvalue weighted by atomic mass is 16.6.